The highest BCUT2D eigenvalue weighted by atomic mass is 19.4. The highest BCUT2D eigenvalue weighted by Gasteiger charge is 2.38. The summed E-state index contributed by atoms with van der Waals surface area (Å²) in [6.07, 6.45) is -7.18. The van der Waals surface area contributed by atoms with Crippen molar-refractivity contribution < 1.29 is 22.7 Å². The van der Waals surface area contributed by atoms with Crippen LogP contribution in [0.15, 0.2) is 18.2 Å². The molecule has 0 aliphatic rings. The summed E-state index contributed by atoms with van der Waals surface area (Å²) in [6.45, 7) is -0.710. The smallest absolute Gasteiger partial charge is 0.382 e. The summed E-state index contributed by atoms with van der Waals surface area (Å²) < 4.78 is 49.5. The summed E-state index contributed by atoms with van der Waals surface area (Å²) in [5, 5.41) is 17.7. The van der Waals surface area contributed by atoms with E-state index in [9.17, 15) is 17.6 Å². The lowest BCUT2D eigenvalue weighted by Gasteiger charge is -2.22. The molecule has 0 amide bonds. The van der Waals surface area contributed by atoms with Gasteiger partial charge in [0.2, 0.25) is 0 Å². The molecule has 0 aromatic heterocycles. The highest BCUT2D eigenvalue weighted by molar-refractivity contribution is 5.37. The molecule has 19 heavy (non-hydrogen) atoms. The summed E-state index contributed by atoms with van der Waals surface area (Å²) in [7, 11) is 1.35. The van der Waals surface area contributed by atoms with E-state index in [0.29, 0.717) is 0 Å². The van der Waals surface area contributed by atoms with E-state index in [0.717, 1.165) is 12.1 Å². The third kappa shape index (κ3) is 4.50. The van der Waals surface area contributed by atoms with Gasteiger partial charge in [-0.25, -0.2) is 4.39 Å². The molecule has 0 bridgehead atoms. The van der Waals surface area contributed by atoms with Gasteiger partial charge in [0.15, 0.2) is 6.10 Å². The van der Waals surface area contributed by atoms with Crippen molar-refractivity contribution in [1.82, 2.24) is 4.90 Å². The zero-order valence-corrected chi connectivity index (χ0v) is 10.1. The summed E-state index contributed by atoms with van der Waals surface area (Å²) in [4.78, 5) is 1.17. The van der Waals surface area contributed by atoms with E-state index < -0.39 is 24.6 Å². The number of halogens is 4. The molecule has 1 aromatic rings. The largest absolute Gasteiger partial charge is 0.415 e. The fourth-order valence-corrected chi connectivity index (χ4v) is 1.56. The Kier molecular flexibility index (Phi) is 4.86. The Bertz CT molecular complexity index is 482. The monoisotopic (exact) mass is 276 g/mol. The number of rotatable bonds is 4. The molecule has 0 spiro atoms. The Balaban J connectivity index is 2.75. The minimum absolute atomic E-state index is 0.0617. The molecule has 1 N–H and O–H groups in total. The number of aliphatic hydroxyl groups excluding tert-OH is 1. The van der Waals surface area contributed by atoms with E-state index in [1.54, 1.807) is 0 Å². The molecular weight excluding hydrogens is 264 g/mol. The average Bonchev–Trinajstić information content (AvgIpc) is 2.27. The lowest BCUT2D eigenvalue weighted by molar-refractivity contribution is -0.207. The SMILES string of the molecule is CN(Cc1cc(F)ccc1C#N)CC(O)C(F)(F)F. The number of likely N-dealkylation sites (N-methyl/N-ethyl adjacent to an activating group) is 1. The van der Waals surface area contributed by atoms with Gasteiger partial charge in [0.25, 0.3) is 0 Å². The minimum atomic E-state index is -4.70. The second-order valence-electron chi connectivity index (χ2n) is 4.17. The van der Waals surface area contributed by atoms with Gasteiger partial charge >= 0.3 is 6.18 Å². The van der Waals surface area contributed by atoms with Crippen molar-refractivity contribution in [2.45, 2.75) is 18.8 Å². The topological polar surface area (TPSA) is 47.3 Å². The van der Waals surface area contributed by atoms with Crippen LogP contribution in [0.4, 0.5) is 17.6 Å². The second kappa shape index (κ2) is 5.99. The van der Waals surface area contributed by atoms with Gasteiger partial charge < -0.3 is 5.11 Å². The van der Waals surface area contributed by atoms with Gasteiger partial charge in [0.05, 0.1) is 11.6 Å². The minimum Gasteiger partial charge on any atom is -0.382 e. The Labute approximate surface area is 107 Å². The Hall–Kier alpha value is -1.65. The number of nitriles is 1. The molecule has 0 heterocycles. The van der Waals surface area contributed by atoms with Crippen LogP contribution in [-0.2, 0) is 6.54 Å². The van der Waals surface area contributed by atoms with Crippen LogP contribution >= 0.6 is 0 Å². The first kappa shape index (κ1) is 15.4. The molecule has 1 aromatic carbocycles. The lowest BCUT2D eigenvalue weighted by Crippen LogP contribution is -2.39. The number of alkyl halides is 3. The average molecular weight is 276 g/mol. The number of nitrogens with zero attached hydrogens (tertiary/aromatic N) is 2. The van der Waals surface area contributed by atoms with Crippen LogP contribution < -0.4 is 0 Å². The van der Waals surface area contributed by atoms with Gasteiger partial charge in [-0.3, -0.25) is 4.90 Å². The summed E-state index contributed by atoms with van der Waals surface area (Å²) in [5.74, 6) is -0.571. The first-order valence-corrected chi connectivity index (χ1v) is 5.36. The van der Waals surface area contributed by atoms with E-state index in [1.807, 2.05) is 6.07 Å². The Morgan fingerprint density at radius 2 is 2.05 bits per heavy atom. The molecule has 104 valence electrons. The van der Waals surface area contributed by atoms with Crippen molar-refractivity contribution >= 4 is 0 Å². The van der Waals surface area contributed by atoms with Gasteiger partial charge in [0, 0.05) is 13.1 Å². The van der Waals surface area contributed by atoms with Crippen molar-refractivity contribution in [1.29, 1.82) is 5.26 Å². The van der Waals surface area contributed by atoms with E-state index in [4.69, 9.17) is 10.4 Å². The van der Waals surface area contributed by atoms with Crippen molar-refractivity contribution in [2.75, 3.05) is 13.6 Å². The van der Waals surface area contributed by atoms with Crippen LogP contribution in [0.25, 0.3) is 0 Å². The van der Waals surface area contributed by atoms with E-state index in [1.165, 1.54) is 18.0 Å². The quantitative estimate of drug-likeness (QED) is 0.856. The standard InChI is InChI=1S/C12H12F4N2O/c1-18(7-11(19)12(14,15)16)6-9-4-10(13)3-2-8(9)5-17/h2-4,11,19H,6-7H2,1H3. The predicted octanol–water partition coefficient (Wildman–Crippen LogP) is 2.05. The Morgan fingerprint density at radius 1 is 1.42 bits per heavy atom. The summed E-state index contributed by atoms with van der Waals surface area (Å²) in [6, 6.07) is 5.29. The van der Waals surface area contributed by atoms with Gasteiger partial charge in [-0.05, 0) is 30.8 Å². The molecular formula is C12H12F4N2O. The number of hydrogen-bond acceptors (Lipinski definition) is 3. The molecule has 3 nitrogen and oxygen atoms in total. The fourth-order valence-electron chi connectivity index (χ4n) is 1.56. The van der Waals surface area contributed by atoms with Crippen LogP contribution in [0.5, 0.6) is 0 Å². The predicted molar refractivity (Wildman–Crippen MR) is 59.5 cm³/mol. The molecule has 0 fully saturated rings. The lowest BCUT2D eigenvalue weighted by atomic mass is 10.1. The molecule has 0 radical (unpaired) electrons. The van der Waals surface area contributed by atoms with E-state index in [-0.39, 0.29) is 17.7 Å². The van der Waals surface area contributed by atoms with Crippen LogP contribution in [-0.4, -0.2) is 35.9 Å². The van der Waals surface area contributed by atoms with Crippen LogP contribution in [0.1, 0.15) is 11.1 Å². The highest BCUT2D eigenvalue weighted by Crippen LogP contribution is 2.21. The van der Waals surface area contributed by atoms with E-state index >= 15 is 0 Å². The maximum absolute atomic E-state index is 13.0. The van der Waals surface area contributed by atoms with Crippen molar-refractivity contribution in [3.63, 3.8) is 0 Å². The third-order valence-electron chi connectivity index (χ3n) is 2.49. The molecule has 0 saturated carbocycles. The van der Waals surface area contributed by atoms with E-state index in [2.05, 4.69) is 0 Å². The van der Waals surface area contributed by atoms with Crippen LogP contribution in [0, 0.1) is 17.1 Å². The first-order valence-electron chi connectivity index (χ1n) is 5.36. The number of benzene rings is 1. The maximum Gasteiger partial charge on any atom is 0.415 e. The number of hydrogen-bond donors (Lipinski definition) is 1. The zero-order chi connectivity index (χ0) is 14.6. The molecule has 0 saturated heterocycles. The fraction of sp³-hybridized carbons (Fsp3) is 0.417. The molecule has 0 aliphatic carbocycles. The molecule has 1 unspecified atom stereocenters. The molecule has 1 atom stereocenters. The normalized spacial score (nSPS) is 13.4. The Morgan fingerprint density at radius 3 is 2.58 bits per heavy atom. The maximum atomic E-state index is 13.0. The van der Waals surface area contributed by atoms with Crippen molar-refractivity contribution in [2.24, 2.45) is 0 Å². The number of aliphatic hydroxyl groups is 1. The van der Waals surface area contributed by atoms with Gasteiger partial charge in [-0.1, -0.05) is 0 Å². The zero-order valence-electron chi connectivity index (χ0n) is 10.1. The molecule has 7 heteroatoms. The first-order chi connectivity index (χ1) is 8.74. The van der Waals surface area contributed by atoms with Gasteiger partial charge in [-0.2, -0.15) is 18.4 Å². The van der Waals surface area contributed by atoms with Gasteiger partial charge in [0.1, 0.15) is 5.82 Å². The van der Waals surface area contributed by atoms with Crippen LogP contribution in [0.2, 0.25) is 0 Å². The van der Waals surface area contributed by atoms with Gasteiger partial charge in [-0.15, -0.1) is 0 Å². The summed E-state index contributed by atoms with van der Waals surface area (Å²) >= 11 is 0. The molecule has 1 rings (SSSR count). The third-order valence-corrected chi connectivity index (χ3v) is 2.49. The van der Waals surface area contributed by atoms with Crippen molar-refractivity contribution in [3.05, 3.63) is 35.1 Å². The summed E-state index contributed by atoms with van der Waals surface area (Å²) in [5.41, 5.74) is 0.467. The van der Waals surface area contributed by atoms with Crippen molar-refractivity contribution in [3.8, 4) is 6.07 Å². The second-order valence-corrected chi connectivity index (χ2v) is 4.17. The molecule has 0 aliphatic heterocycles. The van der Waals surface area contributed by atoms with Crippen LogP contribution in [0.3, 0.4) is 0 Å².